The van der Waals surface area contributed by atoms with Crippen molar-refractivity contribution in [2.75, 3.05) is 19.8 Å². The van der Waals surface area contributed by atoms with E-state index in [2.05, 4.69) is 5.32 Å². The zero-order valence-corrected chi connectivity index (χ0v) is 11.4. The fourth-order valence-electron chi connectivity index (χ4n) is 1.55. The third-order valence-electron chi connectivity index (χ3n) is 2.51. The zero-order chi connectivity index (χ0) is 14.4. The summed E-state index contributed by atoms with van der Waals surface area (Å²) in [6, 6.07) is 6.64. The molecule has 0 aliphatic rings. The van der Waals surface area contributed by atoms with Crippen molar-refractivity contribution in [1.82, 2.24) is 10.2 Å². The van der Waals surface area contributed by atoms with E-state index in [1.807, 2.05) is 12.1 Å². The SMILES string of the molecule is CC(NC(=O)/C=C/c1cccc(N)c1)C(=O)N(C)C. The van der Waals surface area contributed by atoms with E-state index in [-0.39, 0.29) is 11.8 Å². The number of carbonyl (C=O) groups is 2. The van der Waals surface area contributed by atoms with E-state index < -0.39 is 6.04 Å². The quantitative estimate of drug-likeness (QED) is 0.624. The molecule has 1 aromatic carbocycles. The average molecular weight is 261 g/mol. The minimum atomic E-state index is -0.548. The first-order valence-corrected chi connectivity index (χ1v) is 5.95. The number of nitrogens with two attached hydrogens (primary N) is 1. The van der Waals surface area contributed by atoms with Crippen molar-refractivity contribution in [1.29, 1.82) is 0 Å². The molecule has 3 N–H and O–H groups in total. The van der Waals surface area contributed by atoms with Crippen LogP contribution >= 0.6 is 0 Å². The molecule has 0 aliphatic heterocycles. The fraction of sp³-hybridized carbons (Fsp3) is 0.286. The van der Waals surface area contributed by atoms with Gasteiger partial charge < -0.3 is 16.0 Å². The first-order valence-electron chi connectivity index (χ1n) is 5.95. The first kappa shape index (κ1) is 14.8. The molecule has 1 atom stereocenters. The Labute approximate surface area is 113 Å². The molecule has 1 unspecified atom stereocenters. The van der Waals surface area contributed by atoms with Gasteiger partial charge in [-0.3, -0.25) is 9.59 Å². The lowest BCUT2D eigenvalue weighted by molar-refractivity contribution is -0.132. The number of carbonyl (C=O) groups excluding carboxylic acids is 2. The smallest absolute Gasteiger partial charge is 0.244 e. The number of amides is 2. The molecule has 1 rings (SSSR count). The molecule has 5 heteroatoms. The van der Waals surface area contributed by atoms with Gasteiger partial charge >= 0.3 is 0 Å². The molecule has 0 heterocycles. The Morgan fingerprint density at radius 2 is 2.05 bits per heavy atom. The van der Waals surface area contributed by atoms with Crippen LogP contribution in [0.15, 0.2) is 30.3 Å². The molecule has 0 spiro atoms. The Morgan fingerprint density at radius 3 is 2.63 bits per heavy atom. The maximum Gasteiger partial charge on any atom is 0.244 e. The minimum absolute atomic E-state index is 0.147. The molecule has 0 saturated carbocycles. The molecular weight excluding hydrogens is 242 g/mol. The second-order valence-corrected chi connectivity index (χ2v) is 4.47. The third-order valence-corrected chi connectivity index (χ3v) is 2.51. The topological polar surface area (TPSA) is 75.4 Å². The second-order valence-electron chi connectivity index (χ2n) is 4.47. The highest BCUT2D eigenvalue weighted by Crippen LogP contribution is 2.07. The van der Waals surface area contributed by atoms with E-state index in [0.29, 0.717) is 5.69 Å². The Kier molecular flexibility index (Phi) is 5.11. The van der Waals surface area contributed by atoms with E-state index in [9.17, 15) is 9.59 Å². The van der Waals surface area contributed by atoms with Crippen LogP contribution in [0.3, 0.4) is 0 Å². The number of hydrogen-bond donors (Lipinski definition) is 2. The summed E-state index contributed by atoms with van der Waals surface area (Å²) in [6.07, 6.45) is 3.03. The van der Waals surface area contributed by atoms with Gasteiger partial charge in [0, 0.05) is 25.9 Å². The lowest BCUT2D eigenvalue weighted by Gasteiger charge is -2.17. The lowest BCUT2D eigenvalue weighted by atomic mass is 10.2. The normalized spacial score (nSPS) is 12.2. The van der Waals surface area contributed by atoms with Gasteiger partial charge in [-0.15, -0.1) is 0 Å². The highest BCUT2D eigenvalue weighted by molar-refractivity contribution is 5.95. The van der Waals surface area contributed by atoms with Crippen LogP contribution in [-0.4, -0.2) is 36.9 Å². The Morgan fingerprint density at radius 1 is 1.37 bits per heavy atom. The largest absolute Gasteiger partial charge is 0.399 e. The summed E-state index contributed by atoms with van der Waals surface area (Å²) in [4.78, 5) is 24.6. The standard InChI is InChI=1S/C14H19N3O2/c1-10(14(19)17(2)3)16-13(18)8-7-11-5-4-6-12(15)9-11/h4-10H,15H2,1-3H3,(H,16,18)/b8-7+. The van der Waals surface area contributed by atoms with E-state index >= 15 is 0 Å². The highest BCUT2D eigenvalue weighted by Gasteiger charge is 2.15. The van der Waals surface area contributed by atoms with E-state index in [1.54, 1.807) is 39.2 Å². The molecular formula is C14H19N3O2. The predicted octanol–water partition coefficient (Wildman–Crippen LogP) is 0.875. The van der Waals surface area contributed by atoms with Crippen LogP contribution < -0.4 is 11.1 Å². The summed E-state index contributed by atoms with van der Waals surface area (Å²) in [5.74, 6) is -0.462. The van der Waals surface area contributed by atoms with Gasteiger partial charge in [-0.05, 0) is 30.7 Å². The number of nitrogens with one attached hydrogen (secondary N) is 1. The molecule has 0 aliphatic carbocycles. The molecule has 5 nitrogen and oxygen atoms in total. The van der Waals surface area contributed by atoms with Crippen LogP contribution in [0, 0.1) is 0 Å². The number of anilines is 1. The number of likely N-dealkylation sites (N-methyl/N-ethyl adjacent to an activating group) is 1. The Hall–Kier alpha value is -2.30. The maximum atomic E-state index is 11.6. The Bertz CT molecular complexity index is 495. The fourth-order valence-corrected chi connectivity index (χ4v) is 1.55. The molecule has 0 radical (unpaired) electrons. The summed E-state index contributed by atoms with van der Waals surface area (Å²) in [5, 5.41) is 2.60. The van der Waals surface area contributed by atoms with Crippen LogP contribution in [0.25, 0.3) is 6.08 Å². The second kappa shape index (κ2) is 6.58. The number of nitrogens with zero attached hydrogens (tertiary/aromatic N) is 1. The van der Waals surface area contributed by atoms with Crippen LogP contribution in [-0.2, 0) is 9.59 Å². The molecule has 0 fully saturated rings. The van der Waals surface area contributed by atoms with Crippen molar-refractivity contribution < 1.29 is 9.59 Å². The van der Waals surface area contributed by atoms with Crippen molar-refractivity contribution in [3.63, 3.8) is 0 Å². The van der Waals surface area contributed by atoms with Gasteiger partial charge in [0.25, 0.3) is 0 Å². The highest BCUT2D eigenvalue weighted by atomic mass is 16.2. The van der Waals surface area contributed by atoms with Crippen molar-refractivity contribution in [3.8, 4) is 0 Å². The molecule has 0 saturated heterocycles. The molecule has 19 heavy (non-hydrogen) atoms. The van der Waals surface area contributed by atoms with Crippen LogP contribution in [0.5, 0.6) is 0 Å². The van der Waals surface area contributed by atoms with Crippen molar-refractivity contribution in [2.45, 2.75) is 13.0 Å². The van der Waals surface area contributed by atoms with Crippen LogP contribution in [0.2, 0.25) is 0 Å². The van der Waals surface area contributed by atoms with Gasteiger partial charge in [0.05, 0.1) is 0 Å². The third kappa shape index (κ3) is 4.83. The van der Waals surface area contributed by atoms with Crippen molar-refractivity contribution >= 4 is 23.6 Å². The summed E-state index contributed by atoms with van der Waals surface area (Å²) < 4.78 is 0. The average Bonchev–Trinajstić information content (AvgIpc) is 2.35. The van der Waals surface area contributed by atoms with Crippen LogP contribution in [0.4, 0.5) is 5.69 Å². The summed E-state index contributed by atoms with van der Waals surface area (Å²) in [5.41, 5.74) is 7.11. The van der Waals surface area contributed by atoms with Gasteiger partial charge in [-0.1, -0.05) is 12.1 Å². The van der Waals surface area contributed by atoms with Crippen molar-refractivity contribution in [3.05, 3.63) is 35.9 Å². The number of benzene rings is 1. The van der Waals surface area contributed by atoms with E-state index in [4.69, 9.17) is 5.73 Å². The van der Waals surface area contributed by atoms with Gasteiger partial charge in [-0.2, -0.15) is 0 Å². The summed E-state index contributed by atoms with van der Waals surface area (Å²) in [7, 11) is 3.29. The number of rotatable bonds is 4. The molecule has 0 aromatic heterocycles. The van der Waals surface area contributed by atoms with Gasteiger partial charge in [0.15, 0.2) is 0 Å². The van der Waals surface area contributed by atoms with Gasteiger partial charge in [-0.25, -0.2) is 0 Å². The summed E-state index contributed by atoms with van der Waals surface area (Å²) in [6.45, 7) is 1.65. The monoisotopic (exact) mass is 261 g/mol. The van der Waals surface area contributed by atoms with E-state index in [1.165, 1.54) is 11.0 Å². The van der Waals surface area contributed by atoms with Crippen LogP contribution in [0.1, 0.15) is 12.5 Å². The van der Waals surface area contributed by atoms with Gasteiger partial charge in [0.1, 0.15) is 6.04 Å². The minimum Gasteiger partial charge on any atom is -0.399 e. The molecule has 102 valence electrons. The molecule has 2 amide bonds. The van der Waals surface area contributed by atoms with Gasteiger partial charge in [0.2, 0.25) is 11.8 Å². The maximum absolute atomic E-state index is 11.6. The van der Waals surface area contributed by atoms with Crippen molar-refractivity contribution in [2.24, 2.45) is 0 Å². The Balaban J connectivity index is 2.58. The number of nitrogen functional groups attached to an aromatic ring is 1. The molecule has 0 bridgehead atoms. The molecule has 1 aromatic rings. The lowest BCUT2D eigenvalue weighted by Crippen LogP contribution is -2.43. The first-order chi connectivity index (χ1) is 8.90. The van der Waals surface area contributed by atoms with E-state index in [0.717, 1.165) is 5.56 Å². The summed E-state index contributed by atoms with van der Waals surface area (Å²) >= 11 is 0. The predicted molar refractivity (Wildman–Crippen MR) is 76.2 cm³/mol. The zero-order valence-electron chi connectivity index (χ0n) is 11.4. The number of hydrogen-bond acceptors (Lipinski definition) is 3.